The summed E-state index contributed by atoms with van der Waals surface area (Å²) in [7, 11) is 0. The lowest BCUT2D eigenvalue weighted by atomic mass is 10.2. The van der Waals surface area contributed by atoms with Crippen LogP contribution >= 0.6 is 11.6 Å². The Morgan fingerprint density at radius 1 is 1.08 bits per heavy atom. The summed E-state index contributed by atoms with van der Waals surface area (Å²) in [6.07, 6.45) is -2.93. The van der Waals surface area contributed by atoms with Gasteiger partial charge in [0.15, 0.2) is 11.8 Å². The fourth-order valence-corrected chi connectivity index (χ4v) is 2.12. The van der Waals surface area contributed by atoms with Crippen molar-refractivity contribution in [2.24, 2.45) is 0 Å². The van der Waals surface area contributed by atoms with Gasteiger partial charge >= 0.3 is 11.6 Å². The third-order valence-corrected chi connectivity index (χ3v) is 3.51. The van der Waals surface area contributed by atoms with E-state index in [4.69, 9.17) is 16.3 Å². The van der Waals surface area contributed by atoms with E-state index < -0.39 is 23.5 Å². The number of aromatic nitrogens is 5. The zero-order chi connectivity index (χ0) is 19.1. The number of hydrogen-bond donors (Lipinski definition) is 0. The first-order valence-electron chi connectivity index (χ1n) is 7.03. The molecule has 3 aromatic rings. The van der Waals surface area contributed by atoms with Crippen molar-refractivity contribution in [3.8, 4) is 17.1 Å². The second-order valence-electron chi connectivity index (χ2n) is 5.21. The number of pyridine rings is 1. The number of rotatable bonds is 4. The second kappa shape index (κ2) is 6.31. The molecule has 0 aliphatic heterocycles. The lowest BCUT2D eigenvalue weighted by Crippen LogP contribution is -2.31. The Morgan fingerprint density at radius 2 is 1.81 bits per heavy atom. The number of nitrogens with zero attached hydrogens (tertiary/aromatic N) is 5. The van der Waals surface area contributed by atoms with Crippen LogP contribution in [0.5, 0.6) is 5.88 Å². The molecule has 3 aromatic heterocycles. The van der Waals surface area contributed by atoms with E-state index in [-0.39, 0.29) is 17.2 Å². The smallest absolute Gasteiger partial charge is 0.425 e. The maximum absolute atomic E-state index is 13.3. The fraction of sp³-hybridized carbons (Fsp3) is 0.286. The minimum Gasteiger partial charge on any atom is -0.465 e. The van der Waals surface area contributed by atoms with Crippen molar-refractivity contribution < 1.29 is 26.7 Å². The van der Waals surface area contributed by atoms with E-state index in [9.17, 15) is 22.0 Å². The molecule has 0 N–H and O–H groups in total. The van der Waals surface area contributed by atoms with Gasteiger partial charge in [0.1, 0.15) is 0 Å². The highest BCUT2D eigenvalue weighted by molar-refractivity contribution is 6.21. The van der Waals surface area contributed by atoms with E-state index in [1.54, 1.807) is 0 Å². The number of hydrogen-bond acceptors (Lipinski definition) is 5. The van der Waals surface area contributed by atoms with Crippen LogP contribution in [0.15, 0.2) is 30.7 Å². The molecule has 3 rings (SSSR count). The highest BCUT2D eigenvalue weighted by Gasteiger charge is 2.38. The van der Waals surface area contributed by atoms with E-state index in [0.717, 1.165) is 11.3 Å². The monoisotopic (exact) mass is 393 g/mol. The van der Waals surface area contributed by atoms with Gasteiger partial charge in [-0.15, -0.1) is 10.2 Å². The third-order valence-electron chi connectivity index (χ3n) is 3.34. The van der Waals surface area contributed by atoms with Gasteiger partial charge in [0.05, 0.1) is 11.9 Å². The van der Waals surface area contributed by atoms with Crippen molar-refractivity contribution in [1.82, 2.24) is 24.6 Å². The molecule has 6 nitrogen and oxygen atoms in total. The maximum Gasteiger partial charge on any atom is 0.425 e. The van der Waals surface area contributed by atoms with Gasteiger partial charge in [-0.25, -0.2) is 4.98 Å². The molecule has 0 saturated heterocycles. The van der Waals surface area contributed by atoms with Gasteiger partial charge in [-0.05, 0) is 24.6 Å². The molecule has 0 fully saturated rings. The van der Waals surface area contributed by atoms with E-state index in [0.29, 0.717) is 5.56 Å². The van der Waals surface area contributed by atoms with Gasteiger partial charge in [0.25, 0.3) is 0 Å². The molecular weight excluding hydrogens is 385 g/mol. The van der Waals surface area contributed by atoms with Crippen LogP contribution in [0.1, 0.15) is 12.7 Å². The zero-order valence-electron chi connectivity index (χ0n) is 12.9. The molecule has 0 aliphatic rings. The largest absolute Gasteiger partial charge is 0.465 e. The molecule has 0 saturated carbocycles. The van der Waals surface area contributed by atoms with Gasteiger partial charge in [0.2, 0.25) is 11.7 Å². The third kappa shape index (κ3) is 3.66. The average molecular weight is 394 g/mol. The van der Waals surface area contributed by atoms with Crippen molar-refractivity contribution in [2.75, 3.05) is 0 Å². The predicted octanol–water partition coefficient (Wildman–Crippen LogP) is 3.80. The lowest BCUT2D eigenvalue weighted by Gasteiger charge is -2.16. The van der Waals surface area contributed by atoms with Gasteiger partial charge < -0.3 is 4.74 Å². The molecule has 0 bridgehead atoms. The molecule has 138 valence electrons. The van der Waals surface area contributed by atoms with Gasteiger partial charge in [0, 0.05) is 24.0 Å². The van der Waals surface area contributed by atoms with E-state index in [1.165, 1.54) is 30.7 Å². The summed E-state index contributed by atoms with van der Waals surface area (Å²) in [5, 5.41) is 3.12. The molecule has 0 aliphatic carbocycles. The summed E-state index contributed by atoms with van der Waals surface area (Å²) in [5.74, 6) is -1.03. The van der Waals surface area contributed by atoms with E-state index in [2.05, 4.69) is 20.2 Å². The summed E-state index contributed by atoms with van der Waals surface area (Å²) in [6.45, 7) is 0.852. The van der Waals surface area contributed by atoms with Crippen molar-refractivity contribution in [1.29, 1.82) is 0 Å². The summed E-state index contributed by atoms with van der Waals surface area (Å²) in [4.78, 5) is 7.80. The molecule has 1 atom stereocenters. The quantitative estimate of drug-likeness (QED) is 0.498. The standard InChI is InChI=1S/C14H9ClF5N5O/c1-7(14(18,19)20)26-11-3-2-8(4-22-11)9-6-25-10(5-21-9)23-24-12(25)13(15,16)17/h2-7H,1H3/t7-/m0/s1. The van der Waals surface area contributed by atoms with Crippen molar-refractivity contribution in [2.45, 2.75) is 24.6 Å². The Labute approximate surface area is 147 Å². The normalized spacial score (nSPS) is 13.8. The van der Waals surface area contributed by atoms with Crippen LogP contribution < -0.4 is 4.74 Å². The zero-order valence-corrected chi connectivity index (χ0v) is 13.6. The predicted molar refractivity (Wildman–Crippen MR) is 79.9 cm³/mol. The van der Waals surface area contributed by atoms with Crippen molar-refractivity contribution in [3.05, 3.63) is 36.5 Å². The van der Waals surface area contributed by atoms with Gasteiger partial charge in [-0.1, -0.05) is 0 Å². The molecule has 12 heteroatoms. The lowest BCUT2D eigenvalue weighted by molar-refractivity contribution is -0.189. The van der Waals surface area contributed by atoms with Crippen molar-refractivity contribution in [3.63, 3.8) is 0 Å². The van der Waals surface area contributed by atoms with Crippen LogP contribution in [-0.4, -0.2) is 36.8 Å². The molecule has 0 amide bonds. The Bertz CT molecular complexity index is 922. The minimum atomic E-state index is -4.52. The van der Waals surface area contributed by atoms with Crippen LogP contribution in [-0.2, 0) is 5.38 Å². The summed E-state index contributed by atoms with van der Waals surface area (Å²) in [6, 6.07) is 2.61. The Balaban J connectivity index is 1.90. The first-order chi connectivity index (χ1) is 12.1. The van der Waals surface area contributed by atoms with Crippen LogP contribution in [0, 0.1) is 0 Å². The van der Waals surface area contributed by atoms with Crippen molar-refractivity contribution >= 4 is 17.2 Å². The highest BCUT2D eigenvalue weighted by Crippen LogP contribution is 2.31. The number of alkyl halides is 6. The fourth-order valence-electron chi connectivity index (χ4n) is 1.99. The Kier molecular flexibility index (Phi) is 4.42. The number of ether oxygens (including phenoxy) is 1. The Hall–Kier alpha value is -2.56. The van der Waals surface area contributed by atoms with Crippen LogP contribution in [0.3, 0.4) is 0 Å². The molecule has 0 unspecified atom stereocenters. The molecule has 0 aromatic carbocycles. The van der Waals surface area contributed by atoms with Crippen LogP contribution in [0.2, 0.25) is 0 Å². The molecule has 26 heavy (non-hydrogen) atoms. The van der Waals surface area contributed by atoms with Crippen LogP contribution in [0.4, 0.5) is 22.0 Å². The SMILES string of the molecule is C[C@H](Oc1ccc(-c2cn3c(C(F)(F)Cl)nnc3cn2)cn1)C(F)(F)F. The van der Waals surface area contributed by atoms with Gasteiger partial charge in [-0.3, -0.25) is 9.38 Å². The van der Waals surface area contributed by atoms with Crippen LogP contribution in [0.25, 0.3) is 16.9 Å². The maximum atomic E-state index is 13.3. The number of fused-ring (bicyclic) bond motifs is 1. The van der Waals surface area contributed by atoms with E-state index >= 15 is 0 Å². The Morgan fingerprint density at radius 3 is 2.38 bits per heavy atom. The number of halogens is 6. The molecule has 0 spiro atoms. The highest BCUT2D eigenvalue weighted by atomic mass is 35.5. The first kappa shape index (κ1) is 18.2. The van der Waals surface area contributed by atoms with Gasteiger partial charge in [-0.2, -0.15) is 22.0 Å². The minimum absolute atomic E-state index is 0.0518. The molecule has 3 heterocycles. The summed E-state index contributed by atoms with van der Waals surface area (Å²) in [5.41, 5.74) is 0.620. The average Bonchev–Trinajstić information content (AvgIpc) is 2.98. The second-order valence-corrected chi connectivity index (χ2v) is 5.68. The van der Waals surface area contributed by atoms with E-state index in [1.807, 2.05) is 0 Å². The molecule has 0 radical (unpaired) electrons. The summed E-state index contributed by atoms with van der Waals surface area (Å²) < 4.78 is 69.7. The molecular formula is C14H9ClF5N5O. The topological polar surface area (TPSA) is 65.2 Å². The summed E-state index contributed by atoms with van der Waals surface area (Å²) >= 11 is 4.99. The first-order valence-corrected chi connectivity index (χ1v) is 7.41.